The first-order valence-electron chi connectivity index (χ1n) is 12.5. The van der Waals surface area contributed by atoms with Gasteiger partial charge in [0.05, 0.1) is 12.2 Å². The number of alkyl halides is 2. The molecule has 10 heteroatoms. The van der Waals surface area contributed by atoms with E-state index in [4.69, 9.17) is 0 Å². The van der Waals surface area contributed by atoms with Crippen LogP contribution in [0.1, 0.15) is 64.6 Å². The van der Waals surface area contributed by atoms with Gasteiger partial charge in [0.15, 0.2) is 0 Å². The van der Waals surface area contributed by atoms with Crippen LogP contribution >= 0.6 is 12.4 Å². The lowest BCUT2D eigenvalue weighted by Gasteiger charge is -2.41. The van der Waals surface area contributed by atoms with Gasteiger partial charge in [-0.25, -0.2) is 0 Å². The molecule has 1 aromatic heterocycles. The second-order valence-corrected chi connectivity index (χ2v) is 10.7. The van der Waals surface area contributed by atoms with Gasteiger partial charge in [-0.05, 0) is 19.4 Å². The number of carbonyl (C=O) groups excluding carboxylic acids is 2. The standard InChI is InChI=1S/C25H37F2N5O2.ClH/c1-5-8-25(26,27)21-10-20-19(12-29-21)24(3,4)16-32(20)23(34)15-31-13-17(2)28-11-18(31)14-30-9-6-7-22(30)33;/h10,12,17-18,28H,5-9,11,13-16H2,1-4H3;1H/t17-,18-;/m1./s1. The maximum absolute atomic E-state index is 14.6. The highest BCUT2D eigenvalue weighted by atomic mass is 35.5. The quantitative estimate of drug-likeness (QED) is 0.606. The first kappa shape index (κ1) is 27.7. The van der Waals surface area contributed by atoms with Crippen LogP contribution in [0.5, 0.6) is 0 Å². The van der Waals surface area contributed by atoms with E-state index in [0.717, 1.165) is 18.5 Å². The van der Waals surface area contributed by atoms with Crippen molar-refractivity contribution in [2.24, 2.45) is 0 Å². The topological polar surface area (TPSA) is 68.8 Å². The Hall–Kier alpha value is -1.84. The minimum atomic E-state index is -3.02. The summed E-state index contributed by atoms with van der Waals surface area (Å²) in [5.41, 5.74) is 0.731. The Bertz CT molecular complexity index is 944. The van der Waals surface area contributed by atoms with E-state index in [2.05, 4.69) is 22.1 Å². The van der Waals surface area contributed by atoms with Gasteiger partial charge in [0, 0.05) is 74.8 Å². The molecule has 2 amide bonds. The van der Waals surface area contributed by atoms with Crippen molar-refractivity contribution in [3.8, 4) is 0 Å². The van der Waals surface area contributed by atoms with Crippen LogP contribution in [0.3, 0.4) is 0 Å². The van der Waals surface area contributed by atoms with E-state index < -0.39 is 5.92 Å². The van der Waals surface area contributed by atoms with Crippen molar-refractivity contribution in [1.29, 1.82) is 0 Å². The van der Waals surface area contributed by atoms with Crippen molar-refractivity contribution in [2.75, 3.05) is 44.2 Å². The summed E-state index contributed by atoms with van der Waals surface area (Å²) >= 11 is 0. The average Bonchev–Trinajstić information content (AvgIpc) is 3.29. The average molecular weight is 514 g/mol. The smallest absolute Gasteiger partial charge is 0.289 e. The second kappa shape index (κ2) is 10.6. The Balaban J connectivity index is 0.00000342. The summed E-state index contributed by atoms with van der Waals surface area (Å²) in [6, 6.07) is 1.68. The lowest BCUT2D eigenvalue weighted by molar-refractivity contribution is -0.128. The molecule has 0 aromatic carbocycles. The third-order valence-electron chi connectivity index (χ3n) is 7.36. The van der Waals surface area contributed by atoms with Gasteiger partial charge in [-0.3, -0.25) is 19.5 Å². The fourth-order valence-electron chi connectivity index (χ4n) is 5.44. The molecular formula is C25H38ClF2N5O2. The molecule has 4 rings (SSSR count). The monoisotopic (exact) mass is 513 g/mol. The molecule has 3 aliphatic rings. The number of hydrogen-bond donors (Lipinski definition) is 1. The molecule has 2 fully saturated rings. The normalized spacial score (nSPS) is 24.5. The van der Waals surface area contributed by atoms with Gasteiger partial charge < -0.3 is 15.1 Å². The number of aromatic nitrogens is 1. The third kappa shape index (κ3) is 5.78. The number of pyridine rings is 1. The van der Waals surface area contributed by atoms with Gasteiger partial charge >= 0.3 is 0 Å². The van der Waals surface area contributed by atoms with Crippen LogP contribution in [-0.2, 0) is 20.9 Å². The Labute approximate surface area is 213 Å². The first-order valence-corrected chi connectivity index (χ1v) is 12.5. The number of nitrogens with one attached hydrogen (secondary N) is 1. The van der Waals surface area contributed by atoms with Crippen LogP contribution in [0.2, 0.25) is 0 Å². The number of amides is 2. The summed E-state index contributed by atoms with van der Waals surface area (Å²) in [7, 11) is 0. The Kier molecular flexibility index (Phi) is 8.44. The molecule has 196 valence electrons. The van der Waals surface area contributed by atoms with Gasteiger partial charge in [-0.2, -0.15) is 8.78 Å². The minimum absolute atomic E-state index is 0. The molecule has 0 bridgehead atoms. The van der Waals surface area contributed by atoms with E-state index in [9.17, 15) is 18.4 Å². The van der Waals surface area contributed by atoms with Crippen molar-refractivity contribution in [3.05, 3.63) is 23.5 Å². The highest BCUT2D eigenvalue weighted by molar-refractivity contribution is 5.97. The van der Waals surface area contributed by atoms with Gasteiger partial charge in [0.1, 0.15) is 5.69 Å². The predicted octanol–water partition coefficient (Wildman–Crippen LogP) is 3.30. The van der Waals surface area contributed by atoms with Crippen LogP contribution in [0, 0.1) is 0 Å². The van der Waals surface area contributed by atoms with Gasteiger partial charge in [-0.15, -0.1) is 12.4 Å². The van der Waals surface area contributed by atoms with Crippen molar-refractivity contribution >= 4 is 29.9 Å². The van der Waals surface area contributed by atoms with Crippen LogP contribution in [0.15, 0.2) is 12.3 Å². The number of likely N-dealkylation sites (tertiary alicyclic amines) is 1. The van der Waals surface area contributed by atoms with Gasteiger partial charge in [-0.1, -0.05) is 27.2 Å². The van der Waals surface area contributed by atoms with Crippen LogP contribution in [0.4, 0.5) is 14.5 Å². The number of anilines is 1. The number of carbonyl (C=O) groups is 2. The van der Waals surface area contributed by atoms with Crippen molar-refractivity contribution in [2.45, 2.75) is 76.8 Å². The van der Waals surface area contributed by atoms with Crippen LogP contribution < -0.4 is 10.2 Å². The summed E-state index contributed by atoms with van der Waals surface area (Å²) in [6.45, 7) is 11.2. The highest BCUT2D eigenvalue weighted by Crippen LogP contribution is 2.43. The molecule has 2 atom stereocenters. The fraction of sp³-hybridized carbons (Fsp3) is 0.720. The summed E-state index contributed by atoms with van der Waals surface area (Å²) in [5.74, 6) is -2.95. The molecule has 3 aliphatic heterocycles. The summed E-state index contributed by atoms with van der Waals surface area (Å²) in [5, 5.41) is 3.46. The van der Waals surface area contributed by atoms with Crippen molar-refractivity contribution in [3.63, 3.8) is 0 Å². The van der Waals surface area contributed by atoms with Crippen molar-refractivity contribution < 1.29 is 18.4 Å². The van der Waals surface area contributed by atoms with E-state index in [-0.39, 0.29) is 60.4 Å². The fourth-order valence-corrected chi connectivity index (χ4v) is 5.44. The number of piperazine rings is 1. The molecule has 2 saturated heterocycles. The lowest BCUT2D eigenvalue weighted by Crippen LogP contribution is -2.60. The number of nitrogens with zero attached hydrogens (tertiary/aromatic N) is 4. The molecule has 0 unspecified atom stereocenters. The van der Waals surface area contributed by atoms with Crippen LogP contribution in [-0.4, -0.2) is 78.0 Å². The predicted molar refractivity (Wildman–Crippen MR) is 134 cm³/mol. The molecule has 1 N–H and O–H groups in total. The molecule has 0 spiro atoms. The zero-order valence-corrected chi connectivity index (χ0v) is 22.0. The Morgan fingerprint density at radius 1 is 1.34 bits per heavy atom. The second-order valence-electron chi connectivity index (χ2n) is 10.7. The summed E-state index contributed by atoms with van der Waals surface area (Å²) < 4.78 is 29.2. The number of halogens is 3. The highest BCUT2D eigenvalue weighted by Gasteiger charge is 2.42. The van der Waals surface area contributed by atoms with E-state index in [1.165, 1.54) is 12.3 Å². The minimum Gasteiger partial charge on any atom is -0.341 e. The Morgan fingerprint density at radius 3 is 2.74 bits per heavy atom. The number of rotatable bonds is 7. The molecule has 0 radical (unpaired) electrons. The third-order valence-corrected chi connectivity index (χ3v) is 7.36. The lowest BCUT2D eigenvalue weighted by atomic mass is 9.88. The molecule has 1 aromatic rings. The maximum Gasteiger partial charge on any atom is 0.289 e. The zero-order chi connectivity index (χ0) is 24.7. The summed E-state index contributed by atoms with van der Waals surface area (Å²) in [4.78, 5) is 35.5. The largest absolute Gasteiger partial charge is 0.341 e. The van der Waals surface area contributed by atoms with Crippen LogP contribution in [0.25, 0.3) is 0 Å². The molecular weight excluding hydrogens is 476 g/mol. The van der Waals surface area contributed by atoms with E-state index in [1.807, 2.05) is 18.7 Å². The number of hydrogen-bond acceptors (Lipinski definition) is 5. The molecule has 4 heterocycles. The van der Waals surface area contributed by atoms with E-state index in [0.29, 0.717) is 44.7 Å². The number of fused-ring (bicyclic) bond motifs is 1. The molecule has 0 saturated carbocycles. The molecule has 7 nitrogen and oxygen atoms in total. The maximum atomic E-state index is 14.6. The summed E-state index contributed by atoms with van der Waals surface area (Å²) in [6.07, 6.45) is 3.07. The molecule has 0 aliphatic carbocycles. The SMILES string of the molecule is CCCC(F)(F)c1cc2c(cn1)C(C)(C)CN2C(=O)CN1C[C@@H](C)NC[C@@H]1CN1CCCC1=O.Cl. The first-order chi connectivity index (χ1) is 16.0. The van der Waals surface area contributed by atoms with E-state index >= 15 is 0 Å². The van der Waals surface area contributed by atoms with Gasteiger partial charge in [0.2, 0.25) is 11.8 Å². The zero-order valence-electron chi connectivity index (χ0n) is 21.1. The van der Waals surface area contributed by atoms with E-state index in [1.54, 1.807) is 11.8 Å². The Morgan fingerprint density at radius 2 is 2.09 bits per heavy atom. The van der Waals surface area contributed by atoms with Crippen molar-refractivity contribution in [1.82, 2.24) is 20.1 Å². The van der Waals surface area contributed by atoms with Gasteiger partial charge in [0.25, 0.3) is 5.92 Å². The molecule has 35 heavy (non-hydrogen) atoms.